The van der Waals surface area contributed by atoms with Crippen molar-refractivity contribution < 1.29 is 14.3 Å². The van der Waals surface area contributed by atoms with E-state index in [9.17, 15) is 9.59 Å². The van der Waals surface area contributed by atoms with Gasteiger partial charge in [0.1, 0.15) is 11.8 Å². The second-order valence-electron chi connectivity index (χ2n) is 9.56. The minimum atomic E-state index is -1.45. The molecule has 8 heteroatoms. The zero-order chi connectivity index (χ0) is 25.2. The molecule has 2 amide bonds. The molecule has 4 rings (SSSR count). The average Bonchev–Trinajstić information content (AvgIpc) is 3.32. The molecule has 0 aliphatic rings. The number of hydrogen-bond acceptors (Lipinski definition) is 4. The molecule has 0 saturated heterocycles. The van der Waals surface area contributed by atoms with Crippen LogP contribution in [0.1, 0.15) is 22.0 Å². The molecule has 0 saturated carbocycles. The number of nitrogens with zero attached hydrogens (tertiary/aromatic N) is 2. The van der Waals surface area contributed by atoms with Crippen molar-refractivity contribution >= 4 is 41.7 Å². The van der Waals surface area contributed by atoms with Gasteiger partial charge in [-0.15, -0.1) is 0 Å². The lowest BCUT2D eigenvalue weighted by Crippen LogP contribution is -2.39. The first-order chi connectivity index (χ1) is 16.7. The van der Waals surface area contributed by atoms with E-state index in [0.717, 1.165) is 10.9 Å². The number of carbonyl (C=O) groups excluding carboxylic acids is 2. The number of H-pyrrole nitrogens is 1. The summed E-state index contributed by atoms with van der Waals surface area (Å²) in [5.74, 6) is 0.0685. The summed E-state index contributed by atoms with van der Waals surface area (Å²) in [6, 6.07) is 16.1. The average molecular weight is 487 g/mol. The predicted octanol–water partition coefficient (Wildman–Crippen LogP) is 4.57. The van der Waals surface area contributed by atoms with Gasteiger partial charge in [0.25, 0.3) is 11.8 Å². The van der Waals surface area contributed by atoms with Gasteiger partial charge < -0.3 is 19.9 Å². The molecule has 1 atom stereocenters. The summed E-state index contributed by atoms with van der Waals surface area (Å²) < 4.78 is 5.27. The fraction of sp³-hybridized carbons (Fsp3) is 0.222. The minimum absolute atomic E-state index is 0.300. The quantitative estimate of drug-likeness (QED) is 0.375. The Labute approximate surface area is 206 Å². The Morgan fingerprint density at radius 1 is 1.03 bits per heavy atom. The highest BCUT2D eigenvalue weighted by atomic mass is 28.3. The van der Waals surface area contributed by atoms with Crippen molar-refractivity contribution in [2.45, 2.75) is 25.7 Å². The van der Waals surface area contributed by atoms with E-state index < -0.39 is 14.1 Å². The van der Waals surface area contributed by atoms with Crippen molar-refractivity contribution in [2.24, 2.45) is 0 Å². The number of pyridine rings is 1. The number of anilines is 1. The van der Waals surface area contributed by atoms with Crippen molar-refractivity contribution in [3.8, 4) is 5.75 Å². The lowest BCUT2D eigenvalue weighted by atomic mass is 10.0. The van der Waals surface area contributed by atoms with Crippen molar-refractivity contribution in [3.63, 3.8) is 0 Å². The predicted molar refractivity (Wildman–Crippen MR) is 142 cm³/mol. The third-order valence-electron chi connectivity index (χ3n) is 6.06. The number of methoxy groups -OCH3 is 1. The van der Waals surface area contributed by atoms with Crippen LogP contribution < -0.4 is 15.2 Å². The Bertz CT molecular complexity index is 1340. The van der Waals surface area contributed by atoms with Crippen LogP contribution in [-0.2, 0) is 4.79 Å². The van der Waals surface area contributed by atoms with Crippen molar-refractivity contribution in [3.05, 3.63) is 84.3 Å². The van der Waals surface area contributed by atoms with E-state index in [2.05, 4.69) is 47.1 Å². The number of rotatable bonds is 7. The Morgan fingerprint density at radius 3 is 2.34 bits per heavy atom. The highest BCUT2D eigenvalue weighted by Crippen LogP contribution is 2.26. The monoisotopic (exact) mass is 486 g/mol. The van der Waals surface area contributed by atoms with Gasteiger partial charge >= 0.3 is 0 Å². The number of likely N-dealkylation sites (N-methyl/N-ethyl adjacent to an activating group) is 1. The molecule has 1 unspecified atom stereocenters. The minimum Gasteiger partial charge on any atom is -0.497 e. The molecule has 2 aromatic heterocycles. The van der Waals surface area contributed by atoms with E-state index in [1.807, 2.05) is 12.1 Å². The van der Waals surface area contributed by atoms with Gasteiger partial charge in [-0.05, 0) is 35.9 Å². The number of benzene rings is 2. The maximum absolute atomic E-state index is 13.5. The third-order valence-corrected chi connectivity index (χ3v) is 8.13. The van der Waals surface area contributed by atoms with Crippen LogP contribution >= 0.6 is 0 Å². The molecule has 0 bridgehead atoms. The summed E-state index contributed by atoms with van der Waals surface area (Å²) in [6.07, 6.45) is 5.10. The van der Waals surface area contributed by atoms with Gasteiger partial charge in [0, 0.05) is 36.7 Å². The van der Waals surface area contributed by atoms with Gasteiger partial charge in [-0.2, -0.15) is 0 Å². The molecule has 35 heavy (non-hydrogen) atoms. The molecule has 180 valence electrons. The van der Waals surface area contributed by atoms with Gasteiger partial charge in [-0.25, -0.2) is 0 Å². The Balaban J connectivity index is 1.64. The topological polar surface area (TPSA) is 87.3 Å². The fourth-order valence-corrected chi connectivity index (χ4v) is 5.14. The summed E-state index contributed by atoms with van der Waals surface area (Å²) in [6.45, 7) is 6.83. The van der Waals surface area contributed by atoms with Crippen LogP contribution in [0, 0.1) is 0 Å². The Kier molecular flexibility index (Phi) is 6.75. The standard InChI is InChI=1S/C27H30N4O3Si/c1-31(27(33)20-14-19-15-28-17-24(19)29-16-20)25(18-6-10-22(34-2)11-7-18)26(32)30-21-8-12-23(13-9-21)35(3,4)5/h6-17,25,28H,1-5H3,(H,30,32). The molecule has 2 aromatic carbocycles. The number of hydrogen-bond donors (Lipinski definition) is 2. The molecule has 0 spiro atoms. The van der Waals surface area contributed by atoms with Gasteiger partial charge in [-0.1, -0.05) is 49.1 Å². The first-order valence-electron chi connectivity index (χ1n) is 11.4. The third kappa shape index (κ3) is 5.27. The van der Waals surface area contributed by atoms with E-state index >= 15 is 0 Å². The number of carbonyl (C=O) groups is 2. The number of fused-ring (bicyclic) bond motifs is 1. The van der Waals surface area contributed by atoms with Crippen molar-refractivity contribution in [1.82, 2.24) is 14.9 Å². The van der Waals surface area contributed by atoms with Gasteiger partial charge in [0.2, 0.25) is 0 Å². The largest absolute Gasteiger partial charge is 0.497 e. The van der Waals surface area contributed by atoms with Crippen molar-refractivity contribution in [1.29, 1.82) is 0 Å². The second kappa shape index (κ2) is 9.75. The molecular formula is C27H30N4O3Si. The van der Waals surface area contributed by atoms with E-state index in [-0.39, 0.29) is 11.8 Å². The van der Waals surface area contributed by atoms with Crippen LogP contribution in [0.3, 0.4) is 0 Å². The fourth-order valence-electron chi connectivity index (χ4n) is 3.98. The molecular weight excluding hydrogens is 456 g/mol. The number of ether oxygens (including phenoxy) is 1. The summed E-state index contributed by atoms with van der Waals surface area (Å²) >= 11 is 0. The molecule has 2 N–H and O–H groups in total. The number of nitrogens with one attached hydrogen (secondary N) is 2. The SMILES string of the molecule is COc1ccc(C(C(=O)Nc2ccc([Si](C)(C)C)cc2)N(C)C(=O)c2cnc3c[nH]cc3c2)cc1. The maximum Gasteiger partial charge on any atom is 0.256 e. The Morgan fingerprint density at radius 2 is 1.71 bits per heavy atom. The molecule has 7 nitrogen and oxygen atoms in total. The smallest absolute Gasteiger partial charge is 0.256 e. The highest BCUT2D eigenvalue weighted by molar-refractivity contribution is 6.88. The van der Waals surface area contributed by atoms with Gasteiger partial charge in [-0.3, -0.25) is 14.6 Å². The summed E-state index contributed by atoms with van der Waals surface area (Å²) in [4.78, 5) is 35.8. The molecule has 4 aromatic rings. The molecule has 0 aliphatic carbocycles. The molecule has 0 aliphatic heterocycles. The zero-order valence-corrected chi connectivity index (χ0v) is 21.6. The second-order valence-corrected chi connectivity index (χ2v) is 14.6. The van der Waals surface area contributed by atoms with E-state index in [1.165, 1.54) is 16.3 Å². The number of aromatic nitrogens is 2. The molecule has 0 fully saturated rings. The van der Waals surface area contributed by atoms with Crippen LogP contribution in [0.4, 0.5) is 5.69 Å². The highest BCUT2D eigenvalue weighted by Gasteiger charge is 2.30. The molecule has 2 heterocycles. The molecule has 0 radical (unpaired) electrons. The van der Waals surface area contributed by atoms with Crippen LogP contribution in [0.2, 0.25) is 19.6 Å². The van der Waals surface area contributed by atoms with E-state index in [4.69, 9.17) is 4.74 Å². The van der Waals surface area contributed by atoms with Crippen LogP contribution in [0.5, 0.6) is 5.75 Å². The summed E-state index contributed by atoms with van der Waals surface area (Å²) in [5.41, 5.74) is 2.54. The van der Waals surface area contributed by atoms with Crippen LogP contribution in [-0.4, -0.2) is 48.9 Å². The zero-order valence-electron chi connectivity index (χ0n) is 20.6. The van der Waals surface area contributed by atoms with E-state index in [0.29, 0.717) is 22.6 Å². The Hall–Kier alpha value is -3.91. The number of amides is 2. The maximum atomic E-state index is 13.5. The first-order valence-corrected chi connectivity index (χ1v) is 14.9. The summed E-state index contributed by atoms with van der Waals surface area (Å²) in [5, 5.41) is 5.13. The number of aromatic amines is 1. The lowest BCUT2D eigenvalue weighted by Gasteiger charge is -2.28. The van der Waals surface area contributed by atoms with Crippen LogP contribution in [0.15, 0.2) is 73.2 Å². The first kappa shape index (κ1) is 24.2. The van der Waals surface area contributed by atoms with E-state index in [1.54, 1.807) is 56.9 Å². The van der Waals surface area contributed by atoms with Gasteiger partial charge in [0.05, 0.1) is 26.3 Å². The normalized spacial score (nSPS) is 12.3. The summed E-state index contributed by atoms with van der Waals surface area (Å²) in [7, 11) is 1.77. The van der Waals surface area contributed by atoms with Crippen molar-refractivity contribution in [2.75, 3.05) is 19.5 Å². The lowest BCUT2D eigenvalue weighted by molar-refractivity contribution is -0.120. The van der Waals surface area contributed by atoms with Gasteiger partial charge in [0.15, 0.2) is 0 Å². The van der Waals surface area contributed by atoms with Crippen LogP contribution in [0.25, 0.3) is 10.9 Å².